The van der Waals surface area contributed by atoms with E-state index in [4.69, 9.17) is 13.8 Å². The number of benzene rings is 1. The van der Waals surface area contributed by atoms with E-state index in [-0.39, 0.29) is 10.6 Å². The Bertz CT molecular complexity index is 317. The van der Waals surface area contributed by atoms with Crippen LogP contribution >= 0.6 is 0 Å². The van der Waals surface area contributed by atoms with Crippen molar-refractivity contribution < 1.29 is 18.1 Å². The van der Waals surface area contributed by atoms with Crippen molar-refractivity contribution >= 4 is 10.5 Å². The van der Waals surface area contributed by atoms with E-state index in [9.17, 15) is 4.21 Å². The first-order valence-electron chi connectivity index (χ1n) is 3.25. The Morgan fingerprint density at radius 1 is 1.33 bits per heavy atom. The van der Waals surface area contributed by atoms with E-state index in [0.29, 0.717) is 0 Å². The quantitative estimate of drug-likeness (QED) is 0.609. The van der Waals surface area contributed by atoms with Crippen molar-refractivity contribution in [3.8, 4) is 5.75 Å². The maximum Gasteiger partial charge on any atom is 0.137 e. The molecule has 0 aliphatic rings. The summed E-state index contributed by atoms with van der Waals surface area (Å²) in [6.07, 6.45) is 0. The van der Waals surface area contributed by atoms with Crippen molar-refractivity contribution in [2.75, 3.05) is 7.11 Å². The Kier molecular flexibility index (Phi) is 2.46. The number of para-hydroxylation sites is 1. The van der Waals surface area contributed by atoms with Gasteiger partial charge in [-0.15, -0.1) is 0 Å². The summed E-state index contributed by atoms with van der Waals surface area (Å²) in [5.41, 5.74) is 0. The van der Waals surface area contributed by atoms with Gasteiger partial charge in [0.1, 0.15) is 21.1 Å². The molecule has 0 saturated carbocycles. The number of thiol groups is 1. The predicted molar refractivity (Wildman–Crippen MR) is 46.1 cm³/mol. The average molecular weight is 190 g/mol. The van der Waals surface area contributed by atoms with E-state index in [2.05, 4.69) is 0 Å². The molecule has 1 aromatic carbocycles. The zero-order valence-corrected chi connectivity index (χ0v) is 7.36. The average Bonchev–Trinajstić information content (AvgIpc) is 2.03. The summed E-state index contributed by atoms with van der Waals surface area (Å²) in [6.45, 7) is 0. The summed E-state index contributed by atoms with van der Waals surface area (Å²) >= 11 is 0. The van der Waals surface area contributed by atoms with Crippen LogP contribution in [0.5, 0.6) is 5.75 Å². The molecule has 1 aromatic rings. The fourth-order valence-electron chi connectivity index (χ4n) is 0.870. The lowest BCUT2D eigenvalue weighted by Crippen LogP contribution is -2.09. The maximum absolute atomic E-state index is 10.8. The molecule has 0 heterocycles. The van der Waals surface area contributed by atoms with Crippen LogP contribution in [0.1, 0.15) is 0 Å². The number of hydrogen-bond acceptors (Lipinski definition) is 2. The normalized spacial score (nSPS) is 12.6. The minimum atomic E-state index is -4.20. The zero-order valence-electron chi connectivity index (χ0n) is 6.47. The van der Waals surface area contributed by atoms with Gasteiger partial charge in [0.2, 0.25) is 0 Å². The van der Waals surface area contributed by atoms with Crippen molar-refractivity contribution in [1.29, 1.82) is 0 Å². The number of methoxy groups -OCH3 is 1. The molecule has 1 rings (SSSR count). The second kappa shape index (κ2) is 3.22. The molecule has 0 aliphatic carbocycles. The molecular formula is C7H10O4S. The second-order valence-electron chi connectivity index (χ2n) is 2.22. The van der Waals surface area contributed by atoms with E-state index in [0.717, 1.165) is 0 Å². The summed E-state index contributed by atoms with van der Waals surface area (Å²) in [6, 6.07) is 6.06. The standard InChI is InChI=1S/C7H10O4S/c1-11-6-4-2-3-5-7(6)12(8,9)10/h2-5,12H,1H3,(H2,8,9,10). The van der Waals surface area contributed by atoms with Crippen LogP contribution in [0.25, 0.3) is 0 Å². The minimum absolute atomic E-state index is 0.0764. The van der Waals surface area contributed by atoms with Gasteiger partial charge in [0.25, 0.3) is 0 Å². The van der Waals surface area contributed by atoms with Gasteiger partial charge in [0.15, 0.2) is 0 Å². The highest BCUT2D eigenvalue weighted by Gasteiger charge is 2.13. The van der Waals surface area contributed by atoms with E-state index >= 15 is 0 Å². The van der Waals surface area contributed by atoms with Crippen molar-refractivity contribution in [2.45, 2.75) is 4.90 Å². The topological polar surface area (TPSA) is 66.8 Å². The minimum Gasteiger partial charge on any atom is -0.495 e. The third-order valence-electron chi connectivity index (χ3n) is 1.40. The first-order chi connectivity index (χ1) is 5.55. The third-order valence-corrected chi connectivity index (χ3v) is 2.40. The molecule has 68 valence electrons. The summed E-state index contributed by atoms with van der Waals surface area (Å²) in [7, 11) is -2.83. The van der Waals surface area contributed by atoms with Crippen LogP contribution < -0.4 is 4.74 Å². The van der Waals surface area contributed by atoms with Crippen molar-refractivity contribution in [2.24, 2.45) is 0 Å². The van der Waals surface area contributed by atoms with Crippen LogP contribution in [0.4, 0.5) is 0 Å². The molecule has 0 unspecified atom stereocenters. The molecule has 0 radical (unpaired) electrons. The predicted octanol–water partition coefficient (Wildman–Crippen LogP) is 1.02. The molecule has 0 aliphatic heterocycles. The molecule has 4 nitrogen and oxygen atoms in total. The summed E-state index contributed by atoms with van der Waals surface area (Å²) in [5.74, 6) is 0.214. The first kappa shape index (κ1) is 9.18. The lowest BCUT2D eigenvalue weighted by molar-refractivity contribution is 0.385. The highest BCUT2D eigenvalue weighted by atomic mass is 32.3. The molecule has 5 heteroatoms. The molecule has 0 fully saturated rings. The van der Waals surface area contributed by atoms with E-state index in [1.54, 1.807) is 12.1 Å². The molecule has 0 bridgehead atoms. The molecule has 0 saturated heterocycles. The van der Waals surface area contributed by atoms with Gasteiger partial charge in [-0.05, 0) is 12.1 Å². The molecule has 0 spiro atoms. The zero-order chi connectivity index (χ0) is 9.19. The fraction of sp³-hybridized carbons (Fsp3) is 0.143. The van der Waals surface area contributed by atoms with Gasteiger partial charge < -0.3 is 13.8 Å². The van der Waals surface area contributed by atoms with Gasteiger partial charge in [0, 0.05) is 0 Å². The van der Waals surface area contributed by atoms with Gasteiger partial charge in [-0.25, -0.2) is 4.21 Å². The molecule has 0 atom stereocenters. The van der Waals surface area contributed by atoms with Gasteiger partial charge in [0.05, 0.1) is 7.11 Å². The van der Waals surface area contributed by atoms with Crippen LogP contribution in [0.3, 0.4) is 0 Å². The largest absolute Gasteiger partial charge is 0.495 e. The Hall–Kier alpha value is -0.910. The van der Waals surface area contributed by atoms with Crippen molar-refractivity contribution in [3.63, 3.8) is 0 Å². The molecule has 0 amide bonds. The van der Waals surface area contributed by atoms with E-state index < -0.39 is 10.5 Å². The lowest BCUT2D eigenvalue weighted by Gasteiger charge is -2.13. The molecule has 12 heavy (non-hydrogen) atoms. The monoisotopic (exact) mass is 190 g/mol. The van der Waals surface area contributed by atoms with E-state index in [1.165, 1.54) is 19.2 Å². The number of ether oxygens (including phenoxy) is 1. The van der Waals surface area contributed by atoms with Gasteiger partial charge in [-0.3, -0.25) is 0 Å². The SMILES string of the molecule is COc1ccccc1[SH](=O)(O)O. The molecule has 2 N–H and O–H groups in total. The summed E-state index contributed by atoms with van der Waals surface area (Å²) in [4.78, 5) is -0.0764. The van der Waals surface area contributed by atoms with Crippen molar-refractivity contribution in [3.05, 3.63) is 24.3 Å². The smallest absolute Gasteiger partial charge is 0.137 e. The summed E-state index contributed by atoms with van der Waals surface area (Å²) in [5, 5.41) is 0. The Balaban J connectivity index is 3.23. The second-order valence-corrected chi connectivity index (χ2v) is 3.79. The molecule has 0 aromatic heterocycles. The van der Waals surface area contributed by atoms with Gasteiger partial charge in [-0.1, -0.05) is 12.1 Å². The lowest BCUT2D eigenvalue weighted by atomic mass is 10.3. The maximum atomic E-state index is 10.8. The van der Waals surface area contributed by atoms with Crippen LogP contribution in [-0.4, -0.2) is 20.4 Å². The Labute approximate surface area is 71.3 Å². The van der Waals surface area contributed by atoms with Crippen LogP contribution in [0.15, 0.2) is 29.2 Å². The van der Waals surface area contributed by atoms with E-state index in [1.807, 2.05) is 0 Å². The highest BCUT2D eigenvalue weighted by Crippen LogP contribution is 2.24. The highest BCUT2D eigenvalue weighted by molar-refractivity contribution is 7.92. The van der Waals surface area contributed by atoms with Crippen molar-refractivity contribution in [1.82, 2.24) is 0 Å². The summed E-state index contributed by atoms with van der Waals surface area (Å²) < 4.78 is 33.3. The molecular weight excluding hydrogens is 180 g/mol. The fourth-order valence-corrected chi connectivity index (χ4v) is 1.60. The third kappa shape index (κ3) is 1.82. The van der Waals surface area contributed by atoms with Crippen LogP contribution in [-0.2, 0) is 10.5 Å². The number of hydrogen-bond donors (Lipinski definition) is 3. The Morgan fingerprint density at radius 2 is 1.92 bits per heavy atom. The van der Waals surface area contributed by atoms with Crippen LogP contribution in [0.2, 0.25) is 0 Å². The van der Waals surface area contributed by atoms with Gasteiger partial charge in [-0.2, -0.15) is 0 Å². The Morgan fingerprint density at radius 3 is 2.33 bits per heavy atom. The van der Waals surface area contributed by atoms with Gasteiger partial charge >= 0.3 is 0 Å². The van der Waals surface area contributed by atoms with Crippen LogP contribution in [0, 0.1) is 0 Å². The number of rotatable bonds is 2. The first-order valence-corrected chi connectivity index (χ1v) is 4.86.